The van der Waals surface area contributed by atoms with Crippen molar-refractivity contribution in [2.45, 2.75) is 59.2 Å². The molecule has 0 heterocycles. The zero-order valence-corrected chi connectivity index (χ0v) is 13.9. The summed E-state index contributed by atoms with van der Waals surface area (Å²) in [4.78, 5) is 23.5. The van der Waals surface area contributed by atoms with Gasteiger partial charge in [-0.05, 0) is 44.9 Å². The molecule has 5 nitrogen and oxygen atoms in total. The number of hydrogen-bond donors (Lipinski definition) is 3. The first-order chi connectivity index (χ1) is 10.4. The minimum Gasteiger partial charge on any atom is -0.350 e. The van der Waals surface area contributed by atoms with Crippen LogP contribution in [0.1, 0.15) is 56.5 Å². The van der Waals surface area contributed by atoms with Gasteiger partial charge in [0.1, 0.15) is 0 Å². The summed E-state index contributed by atoms with van der Waals surface area (Å²) >= 11 is 0. The van der Waals surface area contributed by atoms with Gasteiger partial charge in [-0.1, -0.05) is 25.5 Å². The fourth-order valence-electron chi connectivity index (χ4n) is 2.08. The normalized spacial score (nSPS) is 11.9. The molecule has 1 atom stereocenters. The maximum Gasteiger partial charge on any atom is 0.315 e. The third-order valence-corrected chi connectivity index (χ3v) is 3.19. The molecule has 0 saturated heterocycles. The van der Waals surface area contributed by atoms with Gasteiger partial charge in [0, 0.05) is 24.2 Å². The SMILES string of the molecule is CCCC(C)NC(=O)c1ccc(CNC(=O)NC(C)C)cc1. The van der Waals surface area contributed by atoms with E-state index in [0.717, 1.165) is 18.4 Å². The lowest BCUT2D eigenvalue weighted by molar-refractivity contribution is 0.0938. The van der Waals surface area contributed by atoms with Crippen LogP contribution in [-0.2, 0) is 6.54 Å². The number of amides is 3. The van der Waals surface area contributed by atoms with Gasteiger partial charge < -0.3 is 16.0 Å². The Morgan fingerprint density at radius 2 is 1.68 bits per heavy atom. The molecule has 0 fully saturated rings. The summed E-state index contributed by atoms with van der Waals surface area (Å²) < 4.78 is 0. The Morgan fingerprint density at radius 1 is 1.05 bits per heavy atom. The van der Waals surface area contributed by atoms with Crippen LogP contribution in [0, 0.1) is 0 Å². The minimum atomic E-state index is -0.190. The van der Waals surface area contributed by atoms with Crippen LogP contribution < -0.4 is 16.0 Å². The van der Waals surface area contributed by atoms with E-state index in [4.69, 9.17) is 0 Å². The van der Waals surface area contributed by atoms with Gasteiger partial charge in [0.2, 0.25) is 0 Å². The summed E-state index contributed by atoms with van der Waals surface area (Å²) in [5.74, 6) is -0.0574. The second-order valence-electron chi connectivity index (χ2n) is 5.84. The lowest BCUT2D eigenvalue weighted by atomic mass is 10.1. The molecular weight excluding hydrogens is 278 g/mol. The van der Waals surface area contributed by atoms with Crippen molar-refractivity contribution in [3.8, 4) is 0 Å². The highest BCUT2D eigenvalue weighted by molar-refractivity contribution is 5.94. The Bertz CT molecular complexity index is 483. The van der Waals surface area contributed by atoms with Crippen molar-refractivity contribution in [3.05, 3.63) is 35.4 Å². The number of benzene rings is 1. The Kier molecular flexibility index (Phi) is 7.43. The zero-order chi connectivity index (χ0) is 16.5. The molecule has 1 unspecified atom stereocenters. The molecule has 0 bridgehead atoms. The Morgan fingerprint density at radius 3 is 2.23 bits per heavy atom. The highest BCUT2D eigenvalue weighted by Gasteiger charge is 2.09. The fourth-order valence-corrected chi connectivity index (χ4v) is 2.08. The first-order valence-corrected chi connectivity index (χ1v) is 7.86. The van der Waals surface area contributed by atoms with E-state index in [1.54, 1.807) is 12.1 Å². The number of carbonyl (C=O) groups is 2. The largest absolute Gasteiger partial charge is 0.350 e. The molecule has 0 aliphatic heterocycles. The predicted molar refractivity (Wildman–Crippen MR) is 88.8 cm³/mol. The van der Waals surface area contributed by atoms with E-state index >= 15 is 0 Å². The quantitative estimate of drug-likeness (QED) is 0.725. The second kappa shape index (κ2) is 9.07. The molecule has 1 rings (SSSR count). The molecule has 0 aliphatic carbocycles. The number of rotatable bonds is 7. The van der Waals surface area contributed by atoms with Crippen LogP contribution in [0.4, 0.5) is 4.79 Å². The van der Waals surface area contributed by atoms with Crippen LogP contribution in [0.5, 0.6) is 0 Å². The molecule has 3 amide bonds. The maximum atomic E-state index is 12.0. The first kappa shape index (κ1) is 18.0. The van der Waals surface area contributed by atoms with E-state index in [1.165, 1.54) is 0 Å². The van der Waals surface area contributed by atoms with Gasteiger partial charge in [0.15, 0.2) is 0 Å². The van der Waals surface area contributed by atoms with Crippen LogP contribution in [0.25, 0.3) is 0 Å². The van der Waals surface area contributed by atoms with Gasteiger partial charge in [-0.2, -0.15) is 0 Å². The van der Waals surface area contributed by atoms with Crippen molar-refractivity contribution in [2.24, 2.45) is 0 Å². The summed E-state index contributed by atoms with van der Waals surface area (Å²) in [6, 6.07) is 7.38. The summed E-state index contributed by atoms with van der Waals surface area (Å²) in [5, 5.41) is 8.51. The van der Waals surface area contributed by atoms with Gasteiger partial charge in [-0.3, -0.25) is 4.79 Å². The lowest BCUT2D eigenvalue weighted by Crippen LogP contribution is -2.39. The van der Waals surface area contributed by atoms with Crippen molar-refractivity contribution < 1.29 is 9.59 Å². The molecule has 3 N–H and O–H groups in total. The van der Waals surface area contributed by atoms with Crippen molar-refractivity contribution >= 4 is 11.9 Å². The summed E-state index contributed by atoms with van der Waals surface area (Å²) in [7, 11) is 0. The average molecular weight is 305 g/mol. The number of nitrogens with one attached hydrogen (secondary N) is 3. The number of carbonyl (C=O) groups excluding carboxylic acids is 2. The van der Waals surface area contributed by atoms with Crippen molar-refractivity contribution in [1.29, 1.82) is 0 Å². The number of urea groups is 1. The van der Waals surface area contributed by atoms with E-state index in [2.05, 4.69) is 22.9 Å². The standard InChI is InChI=1S/C17H27N3O2/c1-5-6-13(4)20-16(21)15-9-7-14(8-10-15)11-18-17(22)19-12(2)3/h7-10,12-13H,5-6,11H2,1-4H3,(H,20,21)(H2,18,19,22). The second-order valence-corrected chi connectivity index (χ2v) is 5.84. The molecule has 5 heteroatoms. The molecule has 1 aromatic rings. The molecule has 1 aromatic carbocycles. The third-order valence-electron chi connectivity index (χ3n) is 3.19. The van der Waals surface area contributed by atoms with Gasteiger partial charge in [0.05, 0.1) is 0 Å². The molecule has 0 aliphatic rings. The van der Waals surface area contributed by atoms with Crippen LogP contribution >= 0.6 is 0 Å². The Hall–Kier alpha value is -2.04. The highest BCUT2D eigenvalue weighted by atomic mass is 16.2. The molecule has 0 saturated carbocycles. The molecule has 0 radical (unpaired) electrons. The van der Waals surface area contributed by atoms with Gasteiger partial charge in [-0.15, -0.1) is 0 Å². The van der Waals surface area contributed by atoms with E-state index in [9.17, 15) is 9.59 Å². The molecule has 0 spiro atoms. The monoisotopic (exact) mass is 305 g/mol. The lowest BCUT2D eigenvalue weighted by Gasteiger charge is -2.13. The molecule has 22 heavy (non-hydrogen) atoms. The Balaban J connectivity index is 2.49. The Labute approximate surface area is 132 Å². The summed E-state index contributed by atoms with van der Waals surface area (Å²) in [6.07, 6.45) is 2.02. The zero-order valence-electron chi connectivity index (χ0n) is 13.9. The predicted octanol–water partition coefficient (Wildman–Crippen LogP) is 2.81. The fraction of sp³-hybridized carbons (Fsp3) is 0.529. The van der Waals surface area contributed by atoms with Crippen LogP contribution in [0.2, 0.25) is 0 Å². The van der Waals surface area contributed by atoms with E-state index < -0.39 is 0 Å². The first-order valence-electron chi connectivity index (χ1n) is 7.86. The smallest absolute Gasteiger partial charge is 0.315 e. The number of hydrogen-bond acceptors (Lipinski definition) is 2. The molecule has 122 valence electrons. The van der Waals surface area contributed by atoms with Crippen molar-refractivity contribution in [2.75, 3.05) is 0 Å². The highest BCUT2D eigenvalue weighted by Crippen LogP contribution is 2.06. The minimum absolute atomic E-state index is 0.0574. The average Bonchev–Trinajstić information content (AvgIpc) is 2.45. The van der Waals surface area contributed by atoms with Crippen molar-refractivity contribution in [1.82, 2.24) is 16.0 Å². The van der Waals surface area contributed by atoms with Gasteiger partial charge in [0.25, 0.3) is 5.91 Å². The topological polar surface area (TPSA) is 70.2 Å². The summed E-state index contributed by atoms with van der Waals surface area (Å²) in [6.45, 7) is 8.36. The van der Waals surface area contributed by atoms with Crippen LogP contribution in [0.3, 0.4) is 0 Å². The molecule has 0 aromatic heterocycles. The molecular formula is C17H27N3O2. The summed E-state index contributed by atoms with van der Waals surface area (Å²) in [5.41, 5.74) is 1.59. The van der Waals surface area contributed by atoms with Crippen LogP contribution in [0.15, 0.2) is 24.3 Å². The van der Waals surface area contributed by atoms with Crippen molar-refractivity contribution in [3.63, 3.8) is 0 Å². The van der Waals surface area contributed by atoms with Gasteiger partial charge >= 0.3 is 6.03 Å². The third kappa shape index (κ3) is 6.61. The van der Waals surface area contributed by atoms with Gasteiger partial charge in [-0.25, -0.2) is 4.79 Å². The van der Waals surface area contributed by atoms with Crippen LogP contribution in [-0.4, -0.2) is 24.0 Å². The van der Waals surface area contributed by atoms with E-state index in [-0.39, 0.29) is 24.0 Å². The maximum absolute atomic E-state index is 12.0. The van der Waals surface area contributed by atoms with E-state index in [1.807, 2.05) is 32.9 Å². The van der Waals surface area contributed by atoms with E-state index in [0.29, 0.717) is 12.1 Å².